The van der Waals surface area contributed by atoms with Crippen molar-refractivity contribution in [1.29, 1.82) is 0 Å². The average Bonchev–Trinajstić information content (AvgIpc) is 2.15. The molecule has 4 aliphatic rings. The van der Waals surface area contributed by atoms with Crippen LogP contribution in [0, 0.1) is 0 Å². The molecule has 2 saturated heterocycles. The van der Waals surface area contributed by atoms with E-state index in [9.17, 15) is 9.36 Å². The van der Waals surface area contributed by atoms with Gasteiger partial charge in [0.1, 0.15) is 0 Å². The van der Waals surface area contributed by atoms with Crippen molar-refractivity contribution in [1.82, 2.24) is 10.2 Å². The second kappa shape index (κ2) is 1.72. The molecule has 4 rings (SSSR count). The van der Waals surface area contributed by atoms with Crippen LogP contribution >= 0.6 is 7.82 Å². The van der Waals surface area contributed by atoms with E-state index in [2.05, 4.69) is 15.1 Å². The number of phosphoric ester groups is 1. The molecule has 9 heteroatoms. The zero-order valence-electron chi connectivity index (χ0n) is 6.38. The molecule has 0 aromatic carbocycles. The monoisotopic (exact) mass is 205 g/mol. The smallest absolute Gasteiger partial charge is 0.288 e. The van der Waals surface area contributed by atoms with E-state index in [4.69, 9.17) is 9.05 Å². The summed E-state index contributed by atoms with van der Waals surface area (Å²) in [5, 5.41) is 5.74. The normalized spacial score (nSPS) is 45.8. The summed E-state index contributed by atoms with van der Waals surface area (Å²) in [6.07, 6.45) is 0. The third-order valence-corrected chi connectivity index (χ3v) is 3.19. The first kappa shape index (κ1) is 7.31. The molecule has 4 aliphatic heterocycles. The molecule has 0 atom stereocenters. The maximum Gasteiger partial charge on any atom is 0.559 e. The maximum atomic E-state index is 11.3. The first-order chi connectivity index (χ1) is 6.06. The summed E-state index contributed by atoms with van der Waals surface area (Å²) < 4.78 is 25.3. The summed E-state index contributed by atoms with van der Waals surface area (Å²) in [7, 11) is -2.09. The molecule has 8 nitrogen and oxygen atoms in total. The lowest BCUT2D eigenvalue weighted by Crippen LogP contribution is -2.56. The van der Waals surface area contributed by atoms with Gasteiger partial charge in [-0.2, -0.15) is 0 Å². The van der Waals surface area contributed by atoms with Crippen molar-refractivity contribution in [2.75, 3.05) is 7.05 Å². The van der Waals surface area contributed by atoms with Gasteiger partial charge in [-0.15, -0.1) is 0 Å². The summed E-state index contributed by atoms with van der Waals surface area (Å²) in [6, 6.07) is 0. The number of carbonyl (C=O) groups is 1. The van der Waals surface area contributed by atoms with Crippen LogP contribution in [-0.4, -0.2) is 29.7 Å². The van der Waals surface area contributed by atoms with Crippen LogP contribution in [0.2, 0.25) is 0 Å². The Bertz CT molecular complexity index is 381. The molecule has 0 aromatic heterocycles. The number of guanidine groups is 1. The molecule has 13 heavy (non-hydrogen) atoms. The predicted octanol–water partition coefficient (Wildman–Crippen LogP) is -0.842. The molecule has 70 valence electrons. The van der Waals surface area contributed by atoms with Crippen molar-refractivity contribution in [2.45, 2.75) is 5.91 Å². The largest absolute Gasteiger partial charge is 0.559 e. The molecule has 1 spiro atoms. The van der Waals surface area contributed by atoms with Crippen LogP contribution in [0.25, 0.3) is 0 Å². The minimum absolute atomic E-state index is 0.125. The molecule has 1 amide bonds. The van der Waals surface area contributed by atoms with Crippen molar-refractivity contribution in [2.24, 2.45) is 5.16 Å². The van der Waals surface area contributed by atoms with Gasteiger partial charge in [0.15, 0.2) is 0 Å². The van der Waals surface area contributed by atoms with Gasteiger partial charge < -0.3 is 0 Å². The molecule has 0 aromatic rings. The average molecular weight is 205 g/mol. The quantitative estimate of drug-likeness (QED) is 0.518. The minimum atomic E-state index is -3.60. The SMILES string of the molecule is CN1C2=NOP3(=O)OC1(O3)C(=O)N2. The molecular formula is C4H4N3O5P. The van der Waals surface area contributed by atoms with Crippen molar-refractivity contribution in [3.63, 3.8) is 0 Å². The second-order valence-electron chi connectivity index (χ2n) is 2.72. The van der Waals surface area contributed by atoms with Gasteiger partial charge in [0.2, 0.25) is 5.96 Å². The van der Waals surface area contributed by atoms with Gasteiger partial charge in [0, 0.05) is 7.05 Å². The van der Waals surface area contributed by atoms with Crippen molar-refractivity contribution in [3.8, 4) is 0 Å². The van der Waals surface area contributed by atoms with E-state index in [1.807, 2.05) is 0 Å². The van der Waals surface area contributed by atoms with Crippen LogP contribution in [0.1, 0.15) is 0 Å². The molecule has 2 fully saturated rings. The van der Waals surface area contributed by atoms with E-state index < -0.39 is 19.6 Å². The van der Waals surface area contributed by atoms with Gasteiger partial charge in [0.05, 0.1) is 0 Å². The molecular weight excluding hydrogens is 201 g/mol. The van der Waals surface area contributed by atoms with E-state index in [1.165, 1.54) is 11.9 Å². The fourth-order valence-corrected chi connectivity index (χ4v) is 2.55. The van der Waals surface area contributed by atoms with Crippen molar-refractivity contribution >= 4 is 19.7 Å². The minimum Gasteiger partial charge on any atom is -0.288 e. The number of nitrogens with zero attached hydrogens (tertiary/aromatic N) is 2. The van der Waals surface area contributed by atoms with Crippen LogP contribution in [-0.2, 0) is 23.0 Å². The highest BCUT2D eigenvalue weighted by atomic mass is 31.2. The van der Waals surface area contributed by atoms with Gasteiger partial charge in [0.25, 0.3) is 0 Å². The number of oxime groups is 1. The zero-order chi connectivity index (χ0) is 9.27. The molecule has 0 saturated carbocycles. The second-order valence-corrected chi connectivity index (χ2v) is 4.14. The van der Waals surface area contributed by atoms with E-state index in [0.29, 0.717) is 0 Å². The van der Waals surface area contributed by atoms with Crippen LogP contribution in [0.3, 0.4) is 0 Å². The summed E-state index contributed by atoms with van der Waals surface area (Å²) in [4.78, 5) is 12.5. The Kier molecular flexibility index (Phi) is 0.967. The number of fused-ring (bicyclic) bond motifs is 1. The molecule has 3 bridgehead atoms. The first-order valence-electron chi connectivity index (χ1n) is 3.39. The Hall–Kier alpha value is -1.11. The summed E-state index contributed by atoms with van der Waals surface area (Å²) >= 11 is 0. The Morgan fingerprint density at radius 3 is 3.00 bits per heavy atom. The third-order valence-electron chi connectivity index (χ3n) is 1.97. The van der Waals surface area contributed by atoms with Crippen LogP contribution < -0.4 is 5.32 Å². The van der Waals surface area contributed by atoms with E-state index in [0.717, 1.165) is 0 Å². The predicted molar refractivity (Wildman–Crippen MR) is 36.9 cm³/mol. The van der Waals surface area contributed by atoms with Crippen LogP contribution in [0.15, 0.2) is 5.16 Å². The van der Waals surface area contributed by atoms with Crippen LogP contribution in [0.5, 0.6) is 0 Å². The van der Waals surface area contributed by atoms with Crippen molar-refractivity contribution < 1.29 is 23.0 Å². The van der Waals surface area contributed by atoms with E-state index in [-0.39, 0.29) is 5.96 Å². The lowest BCUT2D eigenvalue weighted by atomic mass is 10.4. The summed E-state index contributed by atoms with van der Waals surface area (Å²) in [5.74, 6) is -2.06. The first-order valence-corrected chi connectivity index (χ1v) is 4.85. The number of hydrogen-bond acceptors (Lipinski definition) is 7. The summed E-state index contributed by atoms with van der Waals surface area (Å²) in [6.45, 7) is 0. The highest BCUT2D eigenvalue weighted by Gasteiger charge is 2.72. The lowest BCUT2D eigenvalue weighted by Gasteiger charge is -2.39. The number of nitrogens with one attached hydrogen (secondary N) is 1. The number of rotatable bonds is 0. The van der Waals surface area contributed by atoms with Gasteiger partial charge >= 0.3 is 19.6 Å². The van der Waals surface area contributed by atoms with Gasteiger partial charge in [-0.3, -0.25) is 19.6 Å². The maximum absolute atomic E-state index is 11.3. The van der Waals surface area contributed by atoms with E-state index >= 15 is 0 Å². The highest BCUT2D eigenvalue weighted by Crippen LogP contribution is 2.68. The number of phosphoric acid groups is 1. The number of carbonyl (C=O) groups excluding carboxylic acids is 1. The topological polar surface area (TPSA) is 89.5 Å². The third kappa shape index (κ3) is 0.632. The van der Waals surface area contributed by atoms with Crippen molar-refractivity contribution in [3.05, 3.63) is 0 Å². The lowest BCUT2D eigenvalue weighted by molar-refractivity contribution is -0.252. The molecule has 0 aliphatic carbocycles. The molecule has 0 radical (unpaired) electrons. The fraction of sp³-hybridized carbons (Fsp3) is 0.500. The van der Waals surface area contributed by atoms with Gasteiger partial charge in [-0.25, -0.2) is 13.6 Å². The van der Waals surface area contributed by atoms with Gasteiger partial charge in [-0.1, -0.05) is 0 Å². The van der Waals surface area contributed by atoms with Crippen LogP contribution in [0.4, 0.5) is 0 Å². The Balaban J connectivity index is 2.18. The highest BCUT2D eigenvalue weighted by molar-refractivity contribution is 7.49. The molecule has 4 heterocycles. The molecule has 1 N–H and O–H groups in total. The standard InChI is InChI=1S/C4H4N3O5P/c1-7-3-5-2(8)4(7)10-13(9,11-4)12-6-3/h1H3,(H,5,6,8). The fourth-order valence-electron chi connectivity index (χ4n) is 1.28. The summed E-state index contributed by atoms with van der Waals surface area (Å²) in [5.41, 5.74) is 0. The number of hydrogen-bond donors (Lipinski definition) is 1. The van der Waals surface area contributed by atoms with Gasteiger partial charge in [-0.05, 0) is 5.16 Å². The molecule has 0 unspecified atom stereocenters. The Morgan fingerprint density at radius 1 is 1.62 bits per heavy atom. The number of amides is 1. The van der Waals surface area contributed by atoms with E-state index in [1.54, 1.807) is 0 Å². The Morgan fingerprint density at radius 2 is 2.31 bits per heavy atom. The Labute approximate surface area is 72.0 Å². The zero-order valence-corrected chi connectivity index (χ0v) is 7.28. The number of likely N-dealkylation sites (N-methyl/N-ethyl adjacent to an activating group) is 1.